The molecule has 1 heterocycles. The minimum Gasteiger partial charge on any atom is -0.388 e. The van der Waals surface area contributed by atoms with Crippen molar-refractivity contribution >= 4 is 11.8 Å². The molecular weight excluding hydrogens is 174 g/mol. The van der Waals surface area contributed by atoms with E-state index in [1.165, 1.54) is 6.42 Å². The van der Waals surface area contributed by atoms with Gasteiger partial charge in [-0.2, -0.15) is 16.9 Å². The van der Waals surface area contributed by atoms with Gasteiger partial charge in [0.2, 0.25) is 0 Å². The average molecular weight is 187 g/mol. The monoisotopic (exact) mass is 187 g/mol. The zero-order chi connectivity index (χ0) is 8.81. The molecular formula is C7H13N3OS. The lowest BCUT2D eigenvalue weighted by Crippen LogP contribution is -1.87. The number of hydrogen-bond donors (Lipinski definition) is 2. The summed E-state index contributed by atoms with van der Waals surface area (Å²) >= 11 is 1.81. The molecule has 0 saturated carbocycles. The Kier molecular flexibility index (Phi) is 4.10. The van der Waals surface area contributed by atoms with Crippen molar-refractivity contribution in [2.24, 2.45) is 0 Å². The van der Waals surface area contributed by atoms with Gasteiger partial charge < -0.3 is 5.11 Å². The Labute approximate surface area is 75.8 Å². The zero-order valence-corrected chi connectivity index (χ0v) is 7.89. The van der Waals surface area contributed by atoms with Crippen LogP contribution in [0.3, 0.4) is 0 Å². The van der Waals surface area contributed by atoms with Crippen molar-refractivity contribution in [3.63, 3.8) is 0 Å². The quantitative estimate of drug-likeness (QED) is 0.673. The van der Waals surface area contributed by atoms with Gasteiger partial charge in [0.15, 0.2) is 5.82 Å². The van der Waals surface area contributed by atoms with Gasteiger partial charge in [-0.25, -0.2) is 4.98 Å². The number of H-pyrrole nitrogens is 1. The Bertz CT molecular complexity index is 226. The first-order chi connectivity index (χ1) is 5.86. The molecule has 68 valence electrons. The van der Waals surface area contributed by atoms with Crippen molar-refractivity contribution in [3.05, 3.63) is 11.6 Å². The molecule has 5 heteroatoms. The molecule has 0 unspecified atom stereocenters. The van der Waals surface area contributed by atoms with Crippen LogP contribution in [0.15, 0.2) is 0 Å². The summed E-state index contributed by atoms with van der Waals surface area (Å²) in [5, 5.41) is 15.3. The summed E-state index contributed by atoms with van der Waals surface area (Å²) in [4.78, 5) is 4.06. The highest BCUT2D eigenvalue weighted by atomic mass is 32.2. The molecule has 0 aromatic carbocycles. The van der Waals surface area contributed by atoms with E-state index in [-0.39, 0.29) is 6.61 Å². The fraction of sp³-hybridized carbons (Fsp3) is 0.714. The second kappa shape index (κ2) is 5.16. The van der Waals surface area contributed by atoms with Gasteiger partial charge in [-0.05, 0) is 12.2 Å². The summed E-state index contributed by atoms with van der Waals surface area (Å²) in [6, 6.07) is 0. The molecule has 12 heavy (non-hydrogen) atoms. The number of aromatic nitrogens is 3. The molecule has 0 bridgehead atoms. The van der Waals surface area contributed by atoms with E-state index in [1.54, 1.807) is 0 Å². The summed E-state index contributed by atoms with van der Waals surface area (Å²) in [5.41, 5.74) is 0. The molecule has 1 aromatic rings. The number of aromatic amines is 1. The maximum Gasteiger partial charge on any atom is 0.176 e. The van der Waals surface area contributed by atoms with Crippen LogP contribution in [0.2, 0.25) is 0 Å². The highest BCUT2D eigenvalue weighted by molar-refractivity contribution is 7.98. The number of thioether (sulfide) groups is 1. The maximum atomic E-state index is 8.67. The van der Waals surface area contributed by atoms with Crippen LogP contribution >= 0.6 is 11.8 Å². The van der Waals surface area contributed by atoms with Crippen molar-refractivity contribution in [2.75, 3.05) is 5.75 Å². The fourth-order valence-electron chi connectivity index (χ4n) is 0.783. The number of nitrogens with one attached hydrogen (secondary N) is 1. The predicted molar refractivity (Wildman–Crippen MR) is 48.8 cm³/mol. The van der Waals surface area contributed by atoms with E-state index in [2.05, 4.69) is 22.1 Å². The highest BCUT2D eigenvalue weighted by Gasteiger charge is 2.00. The van der Waals surface area contributed by atoms with E-state index < -0.39 is 0 Å². The molecule has 0 radical (unpaired) electrons. The van der Waals surface area contributed by atoms with Crippen molar-refractivity contribution in [3.8, 4) is 0 Å². The minimum absolute atomic E-state index is 0.0883. The first-order valence-electron chi connectivity index (χ1n) is 3.95. The molecule has 1 aromatic heterocycles. The van der Waals surface area contributed by atoms with Gasteiger partial charge in [0.25, 0.3) is 0 Å². The fourth-order valence-corrected chi connectivity index (χ4v) is 1.54. The lowest BCUT2D eigenvalue weighted by Gasteiger charge is -1.93. The summed E-state index contributed by atoms with van der Waals surface area (Å²) in [5.74, 6) is 3.30. The third-order valence-corrected chi connectivity index (χ3v) is 2.48. The number of nitrogens with zero attached hydrogens (tertiary/aromatic N) is 2. The summed E-state index contributed by atoms with van der Waals surface area (Å²) in [7, 11) is 0. The molecule has 0 aliphatic rings. The molecule has 0 atom stereocenters. The maximum absolute atomic E-state index is 8.67. The number of rotatable bonds is 5. The number of hydrogen-bond acceptors (Lipinski definition) is 4. The van der Waals surface area contributed by atoms with E-state index >= 15 is 0 Å². The van der Waals surface area contributed by atoms with Crippen molar-refractivity contribution < 1.29 is 5.11 Å². The second-order valence-electron chi connectivity index (χ2n) is 2.41. The van der Waals surface area contributed by atoms with Crippen LogP contribution in [0.25, 0.3) is 0 Å². The van der Waals surface area contributed by atoms with E-state index in [0.29, 0.717) is 5.82 Å². The first-order valence-corrected chi connectivity index (χ1v) is 5.11. The molecule has 2 N–H and O–H groups in total. The van der Waals surface area contributed by atoms with Crippen molar-refractivity contribution in [1.29, 1.82) is 0 Å². The van der Waals surface area contributed by atoms with Crippen LogP contribution in [0.4, 0.5) is 0 Å². The molecule has 4 nitrogen and oxygen atoms in total. The Balaban J connectivity index is 2.31. The van der Waals surface area contributed by atoms with E-state index in [1.807, 2.05) is 11.8 Å². The molecule has 0 aliphatic heterocycles. The van der Waals surface area contributed by atoms with Gasteiger partial charge in [0.1, 0.15) is 12.4 Å². The molecule has 0 spiro atoms. The van der Waals surface area contributed by atoms with Crippen LogP contribution < -0.4 is 0 Å². The second-order valence-corrected chi connectivity index (χ2v) is 3.51. The Morgan fingerprint density at radius 2 is 2.42 bits per heavy atom. The number of aliphatic hydroxyl groups excluding tert-OH is 1. The van der Waals surface area contributed by atoms with Crippen LogP contribution in [0, 0.1) is 0 Å². The van der Waals surface area contributed by atoms with Crippen LogP contribution in [-0.4, -0.2) is 26.0 Å². The minimum atomic E-state index is -0.0883. The standard InChI is InChI=1S/C7H13N3OS/c1-2-3-12-5-7-8-6(4-11)9-10-7/h11H,2-5H2,1H3,(H,8,9,10). The third-order valence-electron chi connectivity index (χ3n) is 1.31. The predicted octanol–water partition coefficient (Wildman–Crippen LogP) is 0.940. The highest BCUT2D eigenvalue weighted by Crippen LogP contribution is 2.08. The van der Waals surface area contributed by atoms with Crippen LogP contribution in [0.1, 0.15) is 25.0 Å². The van der Waals surface area contributed by atoms with E-state index in [0.717, 1.165) is 17.3 Å². The molecule has 1 rings (SSSR count). The van der Waals surface area contributed by atoms with Gasteiger partial charge in [0.05, 0.1) is 5.75 Å². The normalized spacial score (nSPS) is 10.5. The van der Waals surface area contributed by atoms with Gasteiger partial charge >= 0.3 is 0 Å². The van der Waals surface area contributed by atoms with E-state index in [4.69, 9.17) is 5.11 Å². The Hall–Kier alpha value is -0.550. The SMILES string of the molecule is CCCSCc1nc(CO)n[nH]1. The average Bonchev–Trinajstić information content (AvgIpc) is 2.53. The summed E-state index contributed by atoms with van der Waals surface area (Å²) in [6.07, 6.45) is 1.17. The third kappa shape index (κ3) is 2.83. The molecule has 0 fully saturated rings. The van der Waals surface area contributed by atoms with Crippen LogP contribution in [0.5, 0.6) is 0 Å². The van der Waals surface area contributed by atoms with Gasteiger partial charge in [-0.15, -0.1) is 0 Å². The van der Waals surface area contributed by atoms with E-state index in [9.17, 15) is 0 Å². The molecule has 0 aliphatic carbocycles. The first kappa shape index (κ1) is 9.54. The lowest BCUT2D eigenvalue weighted by molar-refractivity contribution is 0.272. The van der Waals surface area contributed by atoms with Crippen molar-refractivity contribution in [2.45, 2.75) is 25.7 Å². The van der Waals surface area contributed by atoms with Crippen molar-refractivity contribution in [1.82, 2.24) is 15.2 Å². The summed E-state index contributed by atoms with van der Waals surface area (Å²) in [6.45, 7) is 2.06. The largest absolute Gasteiger partial charge is 0.388 e. The molecule has 0 amide bonds. The Morgan fingerprint density at radius 1 is 1.58 bits per heavy atom. The molecule has 0 saturated heterocycles. The summed E-state index contributed by atoms with van der Waals surface area (Å²) < 4.78 is 0. The number of aliphatic hydroxyl groups is 1. The Morgan fingerprint density at radius 3 is 3.00 bits per heavy atom. The van der Waals surface area contributed by atoms with Gasteiger partial charge in [0, 0.05) is 0 Å². The lowest BCUT2D eigenvalue weighted by atomic mass is 10.6. The topological polar surface area (TPSA) is 61.8 Å². The zero-order valence-electron chi connectivity index (χ0n) is 7.08. The smallest absolute Gasteiger partial charge is 0.176 e. The van der Waals surface area contributed by atoms with Crippen LogP contribution in [-0.2, 0) is 12.4 Å². The van der Waals surface area contributed by atoms with Gasteiger partial charge in [-0.3, -0.25) is 5.10 Å². The van der Waals surface area contributed by atoms with Gasteiger partial charge in [-0.1, -0.05) is 6.92 Å².